The van der Waals surface area contributed by atoms with Gasteiger partial charge in [-0.05, 0) is 78.3 Å². The van der Waals surface area contributed by atoms with E-state index in [1.165, 1.54) is 21.5 Å². The fourth-order valence-corrected chi connectivity index (χ4v) is 59.1. The second-order valence-electron chi connectivity index (χ2n) is 44.5. The lowest BCUT2D eigenvalue weighted by atomic mass is 9.96. The molecule has 0 unspecified atom stereocenters. The molecule has 108 heavy (non-hydrogen) atoms. The Morgan fingerprint density at radius 3 is 0.343 bits per heavy atom. The van der Waals surface area contributed by atoms with Crippen molar-refractivity contribution >= 4 is 451 Å². The first kappa shape index (κ1) is 79.5. The monoisotopic (exact) mass is 1840 g/mol. The summed E-state index contributed by atoms with van der Waals surface area (Å²) in [5.74, 6) is 0. The van der Waals surface area contributed by atoms with Crippen LogP contribution in [-0.4, -0.2) is 96.9 Å². The Kier molecular flexibility index (Phi) is 17.9. The maximum absolute atomic E-state index is 2.78. The maximum Gasteiger partial charge on any atom is 0.0912 e. The Hall–Kier alpha value is -0.997. The Morgan fingerprint density at radius 1 is 0.130 bits per heavy atom. The van der Waals surface area contributed by atoms with E-state index < -0.39 is 96.9 Å². The van der Waals surface area contributed by atoms with E-state index in [4.69, 9.17) is 0 Å². The molecule has 0 spiro atoms. The first-order valence-electron chi connectivity index (χ1n) is 39.2. The summed E-state index contributed by atoms with van der Waals surface area (Å²) >= 11 is 27.5. The van der Waals surface area contributed by atoms with Crippen LogP contribution in [0.15, 0.2) is 24.3 Å². The molecule has 0 amide bonds. The van der Waals surface area contributed by atoms with Crippen molar-refractivity contribution in [1.29, 1.82) is 0 Å². The molecule has 17 rings (SSSR count). The van der Waals surface area contributed by atoms with E-state index in [0.29, 0.717) is 0 Å². The molecule has 0 aliphatic heterocycles. The average molecular weight is 1840 g/mol. The quantitative estimate of drug-likeness (QED) is 0.107. The van der Waals surface area contributed by atoms with E-state index >= 15 is 0 Å². The molecule has 0 fully saturated rings. The van der Waals surface area contributed by atoms with Crippen molar-refractivity contribution in [2.75, 3.05) is 0 Å². The Balaban J connectivity index is 1.34. The third-order valence-corrected chi connectivity index (χ3v) is 80.3. The molecule has 12 aromatic heterocycles. The molecule has 0 nitrogen and oxygen atoms in total. The van der Waals surface area contributed by atoms with E-state index in [-0.39, 0.29) is 0 Å². The fraction of sp³-hybridized carbons (Fsp3) is 0.429. The van der Waals surface area contributed by atoms with Crippen molar-refractivity contribution in [2.24, 2.45) is 0 Å². The van der Waals surface area contributed by atoms with E-state index in [0.717, 1.165) is 0 Å². The van der Waals surface area contributed by atoms with E-state index in [2.05, 4.69) is 396 Å². The first-order chi connectivity index (χ1) is 49.2. The highest BCUT2D eigenvalue weighted by atomic mass is 32.1. The molecule has 0 saturated heterocycles. The molecule has 0 aliphatic rings. The van der Waals surface area contributed by atoms with Gasteiger partial charge in [0.15, 0.2) is 0 Å². The van der Waals surface area contributed by atoms with Crippen LogP contribution in [0.4, 0.5) is 0 Å². The van der Waals surface area contributed by atoms with Crippen LogP contribution in [0.1, 0.15) is 0 Å². The summed E-state index contributed by atoms with van der Waals surface area (Å²) in [7, 11) is -25.0. The average Bonchev–Trinajstić information content (AvgIpc) is 1.49. The second-order valence-corrected chi connectivity index (χ2v) is 121. The maximum atomic E-state index is 2.78. The van der Waals surface area contributed by atoms with Gasteiger partial charge in [0, 0.05) is 108 Å². The number of rotatable bonds is 12. The zero-order chi connectivity index (χ0) is 78.7. The Bertz CT molecular complexity index is 6090. The second kappa shape index (κ2) is 24.4. The molecule has 0 radical (unpaired) electrons. The van der Waals surface area contributed by atoms with Crippen LogP contribution in [0, 0.1) is 0 Å². The minimum Gasteiger partial charge on any atom is -0.143 e. The van der Waals surface area contributed by atoms with Gasteiger partial charge in [0.25, 0.3) is 0 Å². The summed E-state index contributed by atoms with van der Waals surface area (Å²) in [4.78, 5) is 0. The van der Waals surface area contributed by atoms with Crippen LogP contribution in [0.3, 0.4) is 0 Å². The molecule has 0 atom stereocenters. The van der Waals surface area contributed by atoms with Gasteiger partial charge in [0.05, 0.1) is 153 Å². The number of hydrogen-bond donors (Lipinski definition) is 0. The molecule has 0 saturated carbocycles. The highest BCUT2D eigenvalue weighted by Crippen LogP contribution is 2.59. The highest BCUT2D eigenvalue weighted by Gasteiger charge is 2.43. The van der Waals surface area contributed by atoms with Gasteiger partial charge in [-0.25, -0.2) is 0 Å². The zero-order valence-electron chi connectivity index (χ0n) is 71.2. The van der Waals surface area contributed by atoms with E-state index in [1.54, 1.807) is 197 Å². The van der Waals surface area contributed by atoms with Gasteiger partial charge in [-0.15, -0.1) is 136 Å². The normalized spacial score (nSPS) is 14.9. The van der Waals surface area contributed by atoms with Gasteiger partial charge in [-0.3, -0.25) is 0 Å². The van der Waals surface area contributed by atoms with Crippen molar-refractivity contribution < 1.29 is 0 Å². The smallest absolute Gasteiger partial charge is 0.0912 e. The summed E-state index contributed by atoms with van der Waals surface area (Å²) < 4.78 is 39.7. The van der Waals surface area contributed by atoms with Crippen molar-refractivity contribution in [1.82, 2.24) is 0 Å². The van der Waals surface area contributed by atoms with Crippen LogP contribution < -0.4 is 54.0 Å². The molecule has 0 bridgehead atoms. The van der Waals surface area contributed by atoms with Gasteiger partial charge in [-0.2, -0.15) is 0 Å². The van der Waals surface area contributed by atoms with Gasteiger partial charge in [0.2, 0.25) is 0 Å². The summed E-state index contributed by atoms with van der Waals surface area (Å²) in [5, 5.41) is 32.7. The summed E-state index contributed by atoms with van der Waals surface area (Å²) in [6.45, 7) is 97.6. The standard InChI is InChI=1S/C84H112S12Si12/c1-97(2,3)45-37-41-42-38-46(98(4,5)6)86-66(42)70-50-49-57(77(101(13,14)15)89-69(49)65(41)85-45)61-53-54-62(58(50)78(90-70)102(16,17)18)82(106(28,29)30)94-74(54)76-56-55-63(83(107(31,32)33)95-75(55)73(53)93-81(61)105(25,26)27)59-51-52-60(64(56)84(96-76)108(34,35)36)80(104(22,23)24)92-72(52)68-44(40-48(88-68)100(10,11)12)43-39-47(99(7,8)9)87-67(43)71(51)91-79(59)103(19,20)21/h37-40H,1-36H3. The highest BCUT2D eigenvalue weighted by molar-refractivity contribution is 7.46. The fourth-order valence-electron chi connectivity index (χ4n) is 17.3. The first-order valence-corrected chi connectivity index (χ1v) is 91.0. The SMILES string of the molecule is C[Si](C)(C)c1cc2c3cc([Si](C)(C)C)sc3c3sc([Si](C)(C)C)c4c5c([Si](C)(C)C)sc6c7sc([Si](C)(C)C)c8c9c([Si](C)(C)C)sc%10c%11sc([Si](C)(C)C)cc%11c%11cc([Si](C)(C)C)sc%11c%11sc([Si](C)(C)C)c(c%12c([Si](C)(C)C)sc(c%13sc([Si](C)(C)C)c(c%14c([Si](C)(C)C)sc(c2s1)c%14c34)c%13c65)c%12c78)c%11c%109. The predicted molar refractivity (Wildman–Crippen MR) is 566 cm³/mol. The lowest BCUT2D eigenvalue weighted by Gasteiger charge is -2.20. The number of thiophene rings is 12. The number of hydrogen-bond acceptors (Lipinski definition) is 12. The summed E-state index contributed by atoms with van der Waals surface area (Å²) in [6, 6.07) is 11.1. The third kappa shape index (κ3) is 11.7. The molecule has 0 aliphatic carbocycles. The summed E-state index contributed by atoms with van der Waals surface area (Å²) in [5.41, 5.74) is 0. The van der Waals surface area contributed by atoms with Crippen LogP contribution >= 0.6 is 136 Å². The molecule has 568 valence electrons. The van der Waals surface area contributed by atoms with E-state index in [1.807, 2.05) is 0 Å². The molecule has 12 heterocycles. The zero-order valence-corrected chi connectivity index (χ0v) is 93.0. The van der Waals surface area contributed by atoms with E-state index in [9.17, 15) is 0 Å². The van der Waals surface area contributed by atoms with Crippen molar-refractivity contribution in [3.8, 4) is 0 Å². The number of fused-ring (bicyclic) bond motifs is 16. The molecular weight excluding hydrogens is 1730 g/mol. The van der Waals surface area contributed by atoms with Gasteiger partial charge in [0.1, 0.15) is 0 Å². The molecule has 0 N–H and O–H groups in total. The molecule has 17 aromatic rings. The van der Waals surface area contributed by atoms with Crippen LogP contribution in [0.25, 0.3) is 164 Å². The van der Waals surface area contributed by atoms with Crippen molar-refractivity contribution in [3.05, 3.63) is 24.3 Å². The Labute approximate surface area is 702 Å². The van der Waals surface area contributed by atoms with Crippen molar-refractivity contribution in [3.63, 3.8) is 0 Å². The minimum absolute atomic E-state index is 1.54. The molecular formula is C84H112S12Si12. The lowest BCUT2D eigenvalue weighted by Crippen LogP contribution is -2.38. The van der Waals surface area contributed by atoms with Gasteiger partial charge < -0.3 is 0 Å². The van der Waals surface area contributed by atoms with Crippen LogP contribution in [0.2, 0.25) is 236 Å². The lowest BCUT2D eigenvalue weighted by molar-refractivity contribution is 1.79. The molecule has 24 heteroatoms. The molecule has 5 aromatic carbocycles. The van der Waals surface area contributed by atoms with Gasteiger partial charge in [-0.1, -0.05) is 236 Å². The third-order valence-electron chi connectivity index (χ3n) is 22.4. The van der Waals surface area contributed by atoms with Crippen LogP contribution in [0.5, 0.6) is 0 Å². The van der Waals surface area contributed by atoms with Gasteiger partial charge >= 0.3 is 0 Å². The summed E-state index contributed by atoms with van der Waals surface area (Å²) in [6.07, 6.45) is 0. The topological polar surface area (TPSA) is 0 Å². The predicted octanol–water partition coefficient (Wildman–Crippen LogP) is 28.0. The minimum atomic E-state index is -2.26. The Morgan fingerprint density at radius 2 is 0.241 bits per heavy atom. The van der Waals surface area contributed by atoms with Crippen LogP contribution in [-0.2, 0) is 0 Å². The van der Waals surface area contributed by atoms with Crippen molar-refractivity contribution in [2.45, 2.75) is 236 Å². The largest absolute Gasteiger partial charge is 0.143 e.